The van der Waals surface area contributed by atoms with E-state index in [1.54, 1.807) is 18.5 Å². The van der Waals surface area contributed by atoms with Gasteiger partial charge in [0.25, 0.3) is 0 Å². The molecule has 11 heavy (non-hydrogen) atoms. The molecule has 0 aliphatic rings. The molecule has 2 aromatic rings. The lowest BCUT2D eigenvalue weighted by Crippen LogP contribution is -1.86. The molecule has 0 unspecified atom stereocenters. The number of hydrogen-bond acceptors (Lipinski definition) is 4. The number of H-pyrrole nitrogens is 1. The van der Waals surface area contributed by atoms with Gasteiger partial charge >= 0.3 is 0 Å². The molecular formula is C6H4N5. The lowest BCUT2D eigenvalue weighted by molar-refractivity contribution is 0.936. The first-order valence-corrected chi connectivity index (χ1v) is 3.03. The quantitative estimate of drug-likeness (QED) is 0.617. The van der Waals surface area contributed by atoms with E-state index in [4.69, 9.17) is 0 Å². The molecule has 0 aliphatic heterocycles. The van der Waals surface area contributed by atoms with Crippen LogP contribution < -0.4 is 0 Å². The predicted molar refractivity (Wildman–Crippen MR) is 36.2 cm³/mol. The fourth-order valence-corrected chi connectivity index (χ4v) is 0.703. The van der Waals surface area contributed by atoms with Crippen molar-refractivity contribution in [3.05, 3.63) is 24.7 Å². The minimum atomic E-state index is 0.553. The molecule has 0 atom stereocenters. The Morgan fingerprint density at radius 3 is 2.73 bits per heavy atom. The number of nitrogens with one attached hydrogen (secondary N) is 1. The van der Waals surface area contributed by atoms with Crippen LogP contribution in [0.15, 0.2) is 18.5 Å². The van der Waals surface area contributed by atoms with Gasteiger partial charge in [0, 0.05) is 12.4 Å². The number of nitrogens with zero attached hydrogens (tertiary/aromatic N) is 4. The molecule has 0 saturated heterocycles. The van der Waals surface area contributed by atoms with Crippen molar-refractivity contribution < 1.29 is 0 Å². The third-order valence-corrected chi connectivity index (χ3v) is 1.16. The predicted octanol–water partition coefficient (Wildman–Crippen LogP) is 0.0619. The topological polar surface area (TPSA) is 67.3 Å². The second-order valence-corrected chi connectivity index (χ2v) is 1.87. The molecule has 1 N–H and O–H groups in total. The Kier molecular flexibility index (Phi) is 1.33. The Hall–Kier alpha value is -1.78. The minimum absolute atomic E-state index is 0.553. The fraction of sp³-hybridized carbons (Fsp3) is 0. The van der Waals surface area contributed by atoms with Crippen molar-refractivity contribution in [3.8, 4) is 11.5 Å². The van der Waals surface area contributed by atoms with E-state index < -0.39 is 0 Å². The van der Waals surface area contributed by atoms with Gasteiger partial charge in [-0.1, -0.05) is 5.21 Å². The molecule has 0 bridgehead atoms. The van der Waals surface area contributed by atoms with Crippen molar-refractivity contribution in [2.24, 2.45) is 0 Å². The second-order valence-electron chi connectivity index (χ2n) is 1.87. The van der Waals surface area contributed by atoms with Crippen LogP contribution in [0.5, 0.6) is 0 Å². The molecule has 0 amide bonds. The Morgan fingerprint density at radius 2 is 2.09 bits per heavy atom. The van der Waals surface area contributed by atoms with E-state index in [9.17, 15) is 0 Å². The van der Waals surface area contributed by atoms with Crippen LogP contribution in [0.1, 0.15) is 0 Å². The third kappa shape index (κ3) is 1.07. The fourth-order valence-electron chi connectivity index (χ4n) is 0.703. The van der Waals surface area contributed by atoms with Gasteiger partial charge < -0.3 is 0 Å². The molecule has 0 spiro atoms. The van der Waals surface area contributed by atoms with Gasteiger partial charge in [-0.3, -0.25) is 5.10 Å². The molecule has 0 saturated carbocycles. The van der Waals surface area contributed by atoms with E-state index >= 15 is 0 Å². The van der Waals surface area contributed by atoms with Crippen LogP contribution in [-0.2, 0) is 0 Å². The van der Waals surface area contributed by atoms with Crippen LogP contribution in [0.25, 0.3) is 11.5 Å². The monoisotopic (exact) mass is 146 g/mol. The van der Waals surface area contributed by atoms with Crippen LogP contribution >= 0.6 is 0 Å². The Balaban J connectivity index is 2.46. The lowest BCUT2D eigenvalue weighted by Gasteiger charge is -1.89. The molecule has 0 aromatic carbocycles. The summed E-state index contributed by atoms with van der Waals surface area (Å²) in [5.74, 6) is 0.553. The summed E-state index contributed by atoms with van der Waals surface area (Å²) in [6.45, 7) is 0. The molecule has 5 heteroatoms. The summed E-state index contributed by atoms with van der Waals surface area (Å²) in [5.41, 5.74) is 0.602. The van der Waals surface area contributed by atoms with Crippen molar-refractivity contribution in [1.82, 2.24) is 25.4 Å². The molecule has 2 rings (SSSR count). The molecule has 5 nitrogen and oxygen atoms in total. The summed E-state index contributed by atoms with van der Waals surface area (Å²) in [6, 6.07) is 1.74. The van der Waals surface area contributed by atoms with E-state index in [1.807, 2.05) is 0 Å². The van der Waals surface area contributed by atoms with E-state index in [1.165, 1.54) is 0 Å². The van der Waals surface area contributed by atoms with Crippen molar-refractivity contribution in [2.45, 2.75) is 0 Å². The molecule has 0 aliphatic carbocycles. The largest absolute Gasteiger partial charge is 0.254 e. The van der Waals surface area contributed by atoms with Crippen molar-refractivity contribution in [3.63, 3.8) is 0 Å². The van der Waals surface area contributed by atoms with Crippen LogP contribution in [0.2, 0.25) is 0 Å². The van der Waals surface area contributed by atoms with E-state index in [0.29, 0.717) is 11.5 Å². The maximum absolute atomic E-state index is 3.97. The third-order valence-electron chi connectivity index (χ3n) is 1.16. The standard InChI is InChI=1S/C6H4N5/c1-2-7-6(8-3-1)5-4-9-11-10-5/h1-3H,(H,9,10,11). The minimum Gasteiger partial charge on any atom is -0.254 e. The summed E-state index contributed by atoms with van der Waals surface area (Å²) in [6.07, 6.45) is 5.91. The molecule has 2 heterocycles. The zero-order valence-corrected chi connectivity index (χ0v) is 5.52. The van der Waals surface area contributed by atoms with Gasteiger partial charge in [0.2, 0.25) is 0 Å². The van der Waals surface area contributed by atoms with Crippen LogP contribution in [0.3, 0.4) is 0 Å². The Morgan fingerprint density at radius 1 is 1.27 bits per heavy atom. The number of aromatic amines is 1. The summed E-state index contributed by atoms with van der Waals surface area (Å²) in [4.78, 5) is 7.94. The first-order chi connectivity index (χ1) is 5.47. The first-order valence-electron chi connectivity index (χ1n) is 3.03. The van der Waals surface area contributed by atoms with Crippen molar-refractivity contribution in [1.29, 1.82) is 0 Å². The maximum Gasteiger partial charge on any atom is 0.179 e. The van der Waals surface area contributed by atoms with Gasteiger partial charge in [0.15, 0.2) is 5.82 Å². The second kappa shape index (κ2) is 2.45. The highest BCUT2D eigenvalue weighted by Crippen LogP contribution is 2.04. The molecule has 53 valence electrons. The smallest absolute Gasteiger partial charge is 0.179 e. The van der Waals surface area contributed by atoms with Crippen LogP contribution in [0.4, 0.5) is 0 Å². The molecule has 1 radical (unpaired) electrons. The van der Waals surface area contributed by atoms with E-state index in [2.05, 4.69) is 31.6 Å². The average molecular weight is 146 g/mol. The van der Waals surface area contributed by atoms with Crippen molar-refractivity contribution in [2.75, 3.05) is 0 Å². The highest BCUT2D eigenvalue weighted by atomic mass is 15.3. The van der Waals surface area contributed by atoms with Crippen LogP contribution in [-0.4, -0.2) is 25.4 Å². The number of aromatic nitrogens is 5. The van der Waals surface area contributed by atoms with Crippen molar-refractivity contribution >= 4 is 0 Å². The first kappa shape index (κ1) is 5.96. The van der Waals surface area contributed by atoms with Gasteiger partial charge in [0.1, 0.15) is 11.9 Å². The maximum atomic E-state index is 3.97. The van der Waals surface area contributed by atoms with Gasteiger partial charge in [0.05, 0.1) is 0 Å². The molecule has 2 aromatic heterocycles. The Labute approximate surface area is 62.5 Å². The summed E-state index contributed by atoms with van der Waals surface area (Å²) >= 11 is 0. The van der Waals surface area contributed by atoms with Crippen LogP contribution in [0, 0.1) is 6.20 Å². The SMILES string of the molecule is [c]1nn[nH]c1-c1ncccn1. The molecular weight excluding hydrogens is 142 g/mol. The number of rotatable bonds is 1. The van der Waals surface area contributed by atoms with E-state index in [0.717, 1.165) is 0 Å². The highest BCUT2D eigenvalue weighted by molar-refractivity contribution is 5.44. The summed E-state index contributed by atoms with van der Waals surface area (Å²) < 4.78 is 0. The summed E-state index contributed by atoms with van der Waals surface area (Å²) in [7, 11) is 0. The zero-order valence-electron chi connectivity index (χ0n) is 5.52. The van der Waals surface area contributed by atoms with Gasteiger partial charge in [-0.15, -0.1) is 5.10 Å². The normalized spacial score (nSPS) is 9.82. The van der Waals surface area contributed by atoms with Gasteiger partial charge in [-0.05, 0) is 6.07 Å². The Bertz CT molecular complexity index is 314. The zero-order chi connectivity index (χ0) is 7.52. The molecule has 0 fully saturated rings. The summed E-state index contributed by atoms with van der Waals surface area (Å²) in [5, 5.41) is 9.59. The van der Waals surface area contributed by atoms with Gasteiger partial charge in [-0.25, -0.2) is 9.97 Å². The lowest BCUT2D eigenvalue weighted by atomic mass is 10.4. The average Bonchev–Trinajstić information content (AvgIpc) is 2.58. The van der Waals surface area contributed by atoms with E-state index in [-0.39, 0.29) is 0 Å². The highest BCUT2D eigenvalue weighted by Gasteiger charge is 2.00. The number of hydrogen-bond donors (Lipinski definition) is 1. The van der Waals surface area contributed by atoms with Gasteiger partial charge in [-0.2, -0.15) is 0 Å².